The summed E-state index contributed by atoms with van der Waals surface area (Å²) in [5.74, 6) is 0.754. The zero-order valence-electron chi connectivity index (χ0n) is 9.81. The van der Waals surface area contributed by atoms with E-state index in [0.717, 1.165) is 32.2 Å². The molecule has 1 N–H and O–H groups in total. The van der Waals surface area contributed by atoms with Gasteiger partial charge in [0.2, 0.25) is 0 Å². The van der Waals surface area contributed by atoms with Crippen LogP contribution in [0.5, 0.6) is 0 Å². The number of aromatic nitrogens is 3. The molecule has 0 bridgehead atoms. The molecule has 0 fully saturated rings. The van der Waals surface area contributed by atoms with Gasteiger partial charge in [-0.2, -0.15) is 0 Å². The Hall–Kier alpha value is -1.59. The first-order chi connectivity index (χ1) is 8.78. The predicted octanol–water partition coefficient (Wildman–Crippen LogP) is 2.66. The highest BCUT2D eigenvalue weighted by molar-refractivity contribution is 9.10. The van der Waals surface area contributed by atoms with Crippen molar-refractivity contribution >= 4 is 37.9 Å². The zero-order chi connectivity index (χ0) is 12.5. The van der Waals surface area contributed by atoms with Crippen LogP contribution < -0.4 is 5.32 Å². The van der Waals surface area contributed by atoms with Crippen molar-refractivity contribution in [3.63, 3.8) is 0 Å². The van der Waals surface area contributed by atoms with Crippen molar-refractivity contribution in [2.75, 3.05) is 7.05 Å². The quantitative estimate of drug-likeness (QED) is 0.740. The maximum Gasteiger partial charge on any atom is 0.163 e. The Morgan fingerprint density at radius 3 is 2.94 bits per heavy atom. The standard InChI is InChI=1S/C13H11BrN4/c1-15-7-11-16-6-9-5-8-3-2-4-10(14)12(8)18-13(9)17-11/h2-6,15H,7H2,1H3. The molecule has 2 aromatic heterocycles. The van der Waals surface area contributed by atoms with E-state index < -0.39 is 0 Å². The highest BCUT2D eigenvalue weighted by Crippen LogP contribution is 2.24. The lowest BCUT2D eigenvalue weighted by atomic mass is 10.2. The van der Waals surface area contributed by atoms with Crippen LogP contribution in [0.2, 0.25) is 0 Å². The maximum absolute atomic E-state index is 4.59. The Bertz CT molecular complexity index is 727. The van der Waals surface area contributed by atoms with Crippen molar-refractivity contribution in [3.05, 3.63) is 40.8 Å². The van der Waals surface area contributed by atoms with Crippen LogP contribution in [0.3, 0.4) is 0 Å². The van der Waals surface area contributed by atoms with E-state index in [0.29, 0.717) is 6.54 Å². The third-order valence-corrected chi connectivity index (χ3v) is 3.37. The van der Waals surface area contributed by atoms with Crippen LogP contribution in [-0.2, 0) is 6.54 Å². The lowest BCUT2D eigenvalue weighted by molar-refractivity contribution is 0.763. The Kier molecular flexibility index (Phi) is 2.93. The van der Waals surface area contributed by atoms with Gasteiger partial charge in [-0.15, -0.1) is 0 Å². The van der Waals surface area contributed by atoms with Crippen LogP contribution in [0, 0.1) is 0 Å². The number of benzene rings is 1. The fourth-order valence-corrected chi connectivity index (χ4v) is 2.36. The molecule has 90 valence electrons. The molecule has 3 rings (SSSR count). The van der Waals surface area contributed by atoms with E-state index in [1.165, 1.54) is 0 Å². The van der Waals surface area contributed by atoms with E-state index >= 15 is 0 Å². The second-order valence-electron chi connectivity index (χ2n) is 4.03. The molecular formula is C13H11BrN4. The number of rotatable bonds is 2. The number of fused-ring (bicyclic) bond motifs is 2. The minimum absolute atomic E-state index is 0.644. The summed E-state index contributed by atoms with van der Waals surface area (Å²) in [6.45, 7) is 0.644. The summed E-state index contributed by atoms with van der Waals surface area (Å²) in [6.07, 6.45) is 1.82. The smallest absolute Gasteiger partial charge is 0.163 e. The fraction of sp³-hybridized carbons (Fsp3) is 0.154. The maximum atomic E-state index is 4.59. The molecule has 0 aliphatic carbocycles. The molecule has 0 saturated carbocycles. The first-order valence-electron chi connectivity index (χ1n) is 5.63. The number of hydrogen-bond donors (Lipinski definition) is 1. The van der Waals surface area contributed by atoms with E-state index in [4.69, 9.17) is 0 Å². The molecule has 4 nitrogen and oxygen atoms in total. The molecule has 0 spiro atoms. The van der Waals surface area contributed by atoms with Crippen molar-refractivity contribution in [2.24, 2.45) is 0 Å². The number of para-hydroxylation sites is 1. The van der Waals surface area contributed by atoms with Gasteiger partial charge in [0.15, 0.2) is 5.65 Å². The number of pyridine rings is 1. The van der Waals surface area contributed by atoms with Crippen molar-refractivity contribution in [2.45, 2.75) is 6.54 Å². The van der Waals surface area contributed by atoms with E-state index in [-0.39, 0.29) is 0 Å². The largest absolute Gasteiger partial charge is 0.313 e. The molecule has 2 heterocycles. The van der Waals surface area contributed by atoms with Gasteiger partial charge in [0.25, 0.3) is 0 Å². The SMILES string of the molecule is CNCc1ncc2cc3cccc(Br)c3nc2n1. The van der Waals surface area contributed by atoms with Crippen molar-refractivity contribution in [3.8, 4) is 0 Å². The molecule has 0 aliphatic rings. The monoisotopic (exact) mass is 302 g/mol. The average molecular weight is 303 g/mol. The van der Waals surface area contributed by atoms with E-state index in [1.807, 2.05) is 31.4 Å². The van der Waals surface area contributed by atoms with Crippen molar-refractivity contribution in [1.29, 1.82) is 0 Å². The second-order valence-corrected chi connectivity index (χ2v) is 4.88. The molecule has 0 unspecified atom stereocenters. The summed E-state index contributed by atoms with van der Waals surface area (Å²) in [4.78, 5) is 13.3. The van der Waals surface area contributed by atoms with Gasteiger partial charge >= 0.3 is 0 Å². The summed E-state index contributed by atoms with van der Waals surface area (Å²) in [7, 11) is 1.87. The number of hydrogen-bond acceptors (Lipinski definition) is 4. The highest BCUT2D eigenvalue weighted by Gasteiger charge is 2.05. The zero-order valence-corrected chi connectivity index (χ0v) is 11.4. The molecule has 0 radical (unpaired) electrons. The van der Waals surface area contributed by atoms with Crippen LogP contribution >= 0.6 is 15.9 Å². The number of nitrogens with zero attached hydrogens (tertiary/aromatic N) is 3. The van der Waals surface area contributed by atoms with Gasteiger partial charge < -0.3 is 5.32 Å². The molecule has 0 atom stereocenters. The molecular weight excluding hydrogens is 292 g/mol. The van der Waals surface area contributed by atoms with Crippen LogP contribution in [0.15, 0.2) is 34.9 Å². The predicted molar refractivity (Wildman–Crippen MR) is 75.3 cm³/mol. The normalized spacial score (nSPS) is 11.2. The Labute approximate surface area is 113 Å². The lowest BCUT2D eigenvalue weighted by Crippen LogP contribution is -2.09. The Morgan fingerprint density at radius 1 is 1.22 bits per heavy atom. The van der Waals surface area contributed by atoms with Crippen LogP contribution in [0.4, 0.5) is 0 Å². The van der Waals surface area contributed by atoms with Gasteiger partial charge in [0.05, 0.1) is 12.1 Å². The Morgan fingerprint density at radius 2 is 2.11 bits per heavy atom. The average Bonchev–Trinajstić information content (AvgIpc) is 2.38. The van der Waals surface area contributed by atoms with E-state index in [2.05, 4.69) is 42.3 Å². The van der Waals surface area contributed by atoms with Gasteiger partial charge in [-0.1, -0.05) is 12.1 Å². The molecule has 0 aliphatic heterocycles. The van der Waals surface area contributed by atoms with Gasteiger partial charge in [0, 0.05) is 21.4 Å². The van der Waals surface area contributed by atoms with Crippen LogP contribution in [0.1, 0.15) is 5.82 Å². The first-order valence-corrected chi connectivity index (χ1v) is 6.43. The van der Waals surface area contributed by atoms with Crippen LogP contribution in [-0.4, -0.2) is 22.0 Å². The van der Waals surface area contributed by atoms with Gasteiger partial charge in [-0.25, -0.2) is 15.0 Å². The molecule has 3 aromatic rings. The summed E-state index contributed by atoms with van der Waals surface area (Å²) in [6, 6.07) is 8.08. The molecule has 0 saturated heterocycles. The third-order valence-electron chi connectivity index (χ3n) is 2.73. The summed E-state index contributed by atoms with van der Waals surface area (Å²) in [5, 5.41) is 5.08. The minimum atomic E-state index is 0.644. The van der Waals surface area contributed by atoms with Crippen molar-refractivity contribution in [1.82, 2.24) is 20.3 Å². The number of nitrogens with one attached hydrogen (secondary N) is 1. The van der Waals surface area contributed by atoms with Crippen LogP contribution in [0.25, 0.3) is 21.9 Å². The first kappa shape index (κ1) is 11.5. The molecule has 0 amide bonds. The molecule has 5 heteroatoms. The Balaban J connectivity index is 2.28. The van der Waals surface area contributed by atoms with Crippen molar-refractivity contribution < 1.29 is 0 Å². The second kappa shape index (κ2) is 4.59. The lowest BCUT2D eigenvalue weighted by Gasteiger charge is -2.04. The molecule has 1 aromatic carbocycles. The van der Waals surface area contributed by atoms with E-state index in [9.17, 15) is 0 Å². The summed E-state index contributed by atoms with van der Waals surface area (Å²) >= 11 is 3.51. The fourth-order valence-electron chi connectivity index (χ4n) is 1.89. The highest BCUT2D eigenvalue weighted by atomic mass is 79.9. The van der Waals surface area contributed by atoms with Gasteiger partial charge in [-0.05, 0) is 35.1 Å². The van der Waals surface area contributed by atoms with Gasteiger partial charge in [0.1, 0.15) is 5.82 Å². The summed E-state index contributed by atoms with van der Waals surface area (Å²) < 4.78 is 0.982. The third kappa shape index (κ3) is 1.95. The topological polar surface area (TPSA) is 50.7 Å². The minimum Gasteiger partial charge on any atom is -0.313 e. The van der Waals surface area contributed by atoms with E-state index in [1.54, 1.807) is 0 Å². The number of halogens is 1. The summed E-state index contributed by atoms with van der Waals surface area (Å²) in [5.41, 5.74) is 1.66. The van der Waals surface area contributed by atoms with Gasteiger partial charge in [-0.3, -0.25) is 0 Å². The molecule has 18 heavy (non-hydrogen) atoms.